The molecule has 0 bridgehead atoms. The Kier molecular flexibility index (Phi) is 2.99. The number of aromatic nitrogens is 2. The van der Waals surface area contributed by atoms with Gasteiger partial charge >= 0.3 is 0 Å². The molecule has 0 aliphatic heterocycles. The topological polar surface area (TPSA) is 57.8 Å². The van der Waals surface area contributed by atoms with E-state index in [9.17, 15) is 4.79 Å². The number of hydrogen-bond donors (Lipinski definition) is 2. The first-order valence-electron chi connectivity index (χ1n) is 6.47. The summed E-state index contributed by atoms with van der Waals surface area (Å²) in [5.41, 5.74) is 3.99. The maximum absolute atomic E-state index is 12.3. The van der Waals surface area contributed by atoms with Gasteiger partial charge in [0.1, 0.15) is 5.69 Å². The van der Waals surface area contributed by atoms with Crippen LogP contribution >= 0.6 is 0 Å². The van der Waals surface area contributed by atoms with E-state index in [2.05, 4.69) is 15.3 Å². The molecular formula is C16H15N3O. The van der Waals surface area contributed by atoms with Crippen LogP contribution in [0.2, 0.25) is 0 Å². The molecule has 0 spiro atoms. The summed E-state index contributed by atoms with van der Waals surface area (Å²) < 4.78 is 0. The van der Waals surface area contributed by atoms with Crippen molar-refractivity contribution in [3.8, 4) is 0 Å². The Morgan fingerprint density at radius 1 is 1.15 bits per heavy atom. The largest absolute Gasteiger partial charge is 0.351 e. The molecule has 0 fully saturated rings. The molecular weight excluding hydrogens is 250 g/mol. The Labute approximate surface area is 116 Å². The van der Waals surface area contributed by atoms with Crippen molar-refractivity contribution in [1.29, 1.82) is 0 Å². The van der Waals surface area contributed by atoms with E-state index in [0.29, 0.717) is 5.69 Å². The fourth-order valence-corrected chi connectivity index (χ4v) is 2.20. The van der Waals surface area contributed by atoms with Gasteiger partial charge in [0.15, 0.2) is 0 Å². The number of aromatic amines is 1. The summed E-state index contributed by atoms with van der Waals surface area (Å²) in [5.74, 6) is -0.157. The van der Waals surface area contributed by atoms with E-state index in [1.807, 2.05) is 56.3 Å². The number of carbonyl (C=O) groups is 1. The van der Waals surface area contributed by atoms with Crippen molar-refractivity contribution >= 4 is 22.5 Å². The second-order valence-corrected chi connectivity index (χ2v) is 4.81. The maximum atomic E-state index is 12.3. The molecule has 0 atom stereocenters. The number of rotatable bonds is 2. The number of H-pyrrole nitrogens is 1. The Bertz CT molecular complexity index is 756. The van der Waals surface area contributed by atoms with Crippen LogP contribution in [-0.2, 0) is 0 Å². The van der Waals surface area contributed by atoms with Gasteiger partial charge < -0.3 is 10.3 Å². The maximum Gasteiger partial charge on any atom is 0.272 e. The van der Waals surface area contributed by atoms with Gasteiger partial charge in [-0.25, -0.2) is 0 Å². The van der Waals surface area contributed by atoms with E-state index in [4.69, 9.17) is 0 Å². The number of pyridine rings is 1. The molecule has 3 rings (SSSR count). The summed E-state index contributed by atoms with van der Waals surface area (Å²) in [6, 6.07) is 13.4. The number of hydrogen-bond acceptors (Lipinski definition) is 2. The molecule has 1 amide bonds. The molecule has 3 aromatic rings. The zero-order valence-corrected chi connectivity index (χ0v) is 11.4. The molecule has 1 aromatic carbocycles. The van der Waals surface area contributed by atoms with E-state index >= 15 is 0 Å². The fourth-order valence-electron chi connectivity index (χ4n) is 2.20. The molecule has 20 heavy (non-hydrogen) atoms. The van der Waals surface area contributed by atoms with E-state index in [0.717, 1.165) is 28.0 Å². The van der Waals surface area contributed by atoms with Gasteiger partial charge in [0.2, 0.25) is 0 Å². The van der Waals surface area contributed by atoms with E-state index in [1.54, 1.807) is 0 Å². The summed E-state index contributed by atoms with van der Waals surface area (Å²) in [6.45, 7) is 3.81. The minimum absolute atomic E-state index is 0.157. The Hall–Kier alpha value is -2.62. The number of fused-ring (bicyclic) bond motifs is 1. The lowest BCUT2D eigenvalue weighted by Crippen LogP contribution is -2.13. The molecule has 100 valence electrons. The molecule has 4 heteroatoms. The van der Waals surface area contributed by atoms with Crippen LogP contribution in [0.25, 0.3) is 10.9 Å². The highest BCUT2D eigenvalue weighted by atomic mass is 16.1. The van der Waals surface area contributed by atoms with Gasteiger partial charge in [-0.05, 0) is 38.1 Å². The third-order valence-electron chi connectivity index (χ3n) is 3.25. The van der Waals surface area contributed by atoms with Crippen molar-refractivity contribution in [2.45, 2.75) is 13.8 Å². The second-order valence-electron chi connectivity index (χ2n) is 4.81. The Morgan fingerprint density at radius 2 is 1.95 bits per heavy atom. The van der Waals surface area contributed by atoms with Gasteiger partial charge in [0.05, 0.1) is 11.4 Å². The molecule has 2 aromatic heterocycles. The molecule has 4 nitrogen and oxygen atoms in total. The number of aryl methyl sites for hydroxylation is 2. The first-order valence-corrected chi connectivity index (χ1v) is 6.47. The highest BCUT2D eigenvalue weighted by molar-refractivity contribution is 6.06. The number of nitrogens with zero attached hydrogens (tertiary/aromatic N) is 1. The van der Waals surface area contributed by atoms with Gasteiger partial charge in [0.25, 0.3) is 5.91 Å². The van der Waals surface area contributed by atoms with Crippen LogP contribution in [0, 0.1) is 13.8 Å². The minimum atomic E-state index is -0.157. The van der Waals surface area contributed by atoms with Crippen LogP contribution in [0.3, 0.4) is 0 Å². The van der Waals surface area contributed by atoms with Gasteiger partial charge in [-0.15, -0.1) is 0 Å². The number of carbonyl (C=O) groups excluding carboxylic acids is 1. The number of nitrogens with one attached hydrogen (secondary N) is 2. The minimum Gasteiger partial charge on any atom is -0.351 e. The van der Waals surface area contributed by atoms with Crippen molar-refractivity contribution in [2.75, 3.05) is 5.32 Å². The van der Waals surface area contributed by atoms with E-state index in [1.165, 1.54) is 0 Å². The number of para-hydroxylation sites is 1. The van der Waals surface area contributed by atoms with Crippen molar-refractivity contribution in [3.63, 3.8) is 0 Å². The molecule has 0 saturated heterocycles. The van der Waals surface area contributed by atoms with Crippen LogP contribution in [0.5, 0.6) is 0 Å². The Balaban J connectivity index is 1.89. The molecule has 0 aliphatic rings. The van der Waals surface area contributed by atoms with Gasteiger partial charge in [0, 0.05) is 16.6 Å². The Morgan fingerprint density at radius 3 is 2.70 bits per heavy atom. The zero-order valence-electron chi connectivity index (χ0n) is 11.4. The quantitative estimate of drug-likeness (QED) is 0.745. The normalized spacial score (nSPS) is 10.7. The van der Waals surface area contributed by atoms with Gasteiger partial charge in [-0.3, -0.25) is 9.78 Å². The highest BCUT2D eigenvalue weighted by Crippen LogP contribution is 2.17. The number of amides is 1. The van der Waals surface area contributed by atoms with E-state index < -0.39 is 0 Å². The molecule has 0 unspecified atom stereocenters. The molecule has 2 N–H and O–H groups in total. The van der Waals surface area contributed by atoms with E-state index in [-0.39, 0.29) is 5.91 Å². The number of anilines is 1. The highest BCUT2D eigenvalue weighted by Gasteiger charge is 2.11. The van der Waals surface area contributed by atoms with Crippen LogP contribution in [0.1, 0.15) is 21.9 Å². The summed E-state index contributed by atoms with van der Waals surface area (Å²) in [5, 5.41) is 3.91. The standard InChI is InChI=1S/C16H15N3O/c1-10-7-8-13(11(2)17-10)19-16(20)15-9-12-5-3-4-6-14(12)18-15/h3-9,18H,1-2H3,(H,19,20). The zero-order chi connectivity index (χ0) is 14.1. The lowest BCUT2D eigenvalue weighted by Gasteiger charge is -2.07. The average molecular weight is 265 g/mol. The van der Waals surface area contributed by atoms with Crippen LogP contribution < -0.4 is 5.32 Å². The van der Waals surface area contributed by atoms with Gasteiger partial charge in [-0.1, -0.05) is 18.2 Å². The van der Waals surface area contributed by atoms with Crippen LogP contribution in [-0.4, -0.2) is 15.9 Å². The van der Waals surface area contributed by atoms with Crippen molar-refractivity contribution in [1.82, 2.24) is 9.97 Å². The molecule has 0 saturated carbocycles. The summed E-state index contributed by atoms with van der Waals surface area (Å²) in [4.78, 5) is 19.7. The summed E-state index contributed by atoms with van der Waals surface area (Å²) in [7, 11) is 0. The average Bonchev–Trinajstić information content (AvgIpc) is 2.86. The van der Waals surface area contributed by atoms with Crippen molar-refractivity contribution in [2.24, 2.45) is 0 Å². The third kappa shape index (κ3) is 2.28. The summed E-state index contributed by atoms with van der Waals surface area (Å²) >= 11 is 0. The monoisotopic (exact) mass is 265 g/mol. The third-order valence-corrected chi connectivity index (χ3v) is 3.25. The summed E-state index contributed by atoms with van der Waals surface area (Å²) in [6.07, 6.45) is 0. The lowest BCUT2D eigenvalue weighted by atomic mass is 10.2. The van der Waals surface area contributed by atoms with Gasteiger partial charge in [-0.2, -0.15) is 0 Å². The fraction of sp³-hybridized carbons (Fsp3) is 0.125. The van der Waals surface area contributed by atoms with Crippen LogP contribution in [0.15, 0.2) is 42.5 Å². The van der Waals surface area contributed by atoms with Crippen molar-refractivity contribution in [3.05, 3.63) is 59.5 Å². The predicted octanol–water partition coefficient (Wildman–Crippen LogP) is 3.43. The smallest absolute Gasteiger partial charge is 0.272 e. The van der Waals surface area contributed by atoms with Crippen molar-refractivity contribution < 1.29 is 4.79 Å². The second kappa shape index (κ2) is 4.81. The SMILES string of the molecule is Cc1ccc(NC(=O)c2cc3ccccc3[nH]2)c(C)n1. The number of benzene rings is 1. The molecule has 2 heterocycles. The van der Waals surface area contributed by atoms with Crippen LogP contribution in [0.4, 0.5) is 5.69 Å². The molecule has 0 radical (unpaired) electrons. The predicted molar refractivity (Wildman–Crippen MR) is 80.0 cm³/mol. The first kappa shape index (κ1) is 12.4. The first-order chi connectivity index (χ1) is 9.63. The molecule has 0 aliphatic carbocycles. The lowest BCUT2D eigenvalue weighted by molar-refractivity contribution is 0.102.